The first-order chi connectivity index (χ1) is 12.3. The molecule has 3 nitrogen and oxygen atoms in total. The lowest BCUT2D eigenvalue weighted by Crippen LogP contribution is -1.94. The molecule has 0 N–H and O–H groups in total. The van der Waals surface area contributed by atoms with Gasteiger partial charge < -0.3 is 4.74 Å². The lowest BCUT2D eigenvalue weighted by atomic mass is 10.0. The summed E-state index contributed by atoms with van der Waals surface area (Å²) in [5, 5.41) is 8.86. The van der Waals surface area contributed by atoms with Gasteiger partial charge in [-0.3, -0.25) is 4.98 Å². The number of rotatable bonds is 6. The summed E-state index contributed by atoms with van der Waals surface area (Å²) < 4.78 is 5.47. The molecule has 0 spiro atoms. The molecule has 0 bridgehead atoms. The number of nitriles is 1. The largest absolute Gasteiger partial charge is 0.494 e. The summed E-state index contributed by atoms with van der Waals surface area (Å²) in [6.07, 6.45) is 3.86. The smallest absolute Gasteiger partial charge is 0.119 e. The highest BCUT2D eigenvalue weighted by atomic mass is 16.5. The summed E-state index contributed by atoms with van der Waals surface area (Å²) in [5.41, 5.74) is 5.12. The van der Waals surface area contributed by atoms with Crippen molar-refractivity contribution in [1.29, 1.82) is 5.26 Å². The highest BCUT2D eigenvalue weighted by Gasteiger charge is 2.02. The van der Waals surface area contributed by atoms with Crippen molar-refractivity contribution in [3.63, 3.8) is 0 Å². The highest BCUT2D eigenvalue weighted by molar-refractivity contribution is 5.60. The van der Waals surface area contributed by atoms with Crippen LogP contribution in [0.2, 0.25) is 0 Å². The molecule has 0 atom stereocenters. The minimum atomic E-state index is 0.663. The van der Waals surface area contributed by atoms with Gasteiger partial charge in [0.25, 0.3) is 0 Å². The number of pyridine rings is 1. The SMILES string of the molecule is CCOc1ccc(CCc2ccc(-c3ccc(C#N)cc3)nc2)cc1. The second-order valence-electron chi connectivity index (χ2n) is 5.82. The molecular weight excluding hydrogens is 308 g/mol. The van der Waals surface area contributed by atoms with Crippen LogP contribution in [0.3, 0.4) is 0 Å². The summed E-state index contributed by atoms with van der Waals surface area (Å²) >= 11 is 0. The maximum absolute atomic E-state index is 8.86. The molecule has 1 aromatic heterocycles. The number of benzene rings is 2. The van der Waals surface area contributed by atoms with Crippen molar-refractivity contribution in [3.05, 3.63) is 83.6 Å². The third kappa shape index (κ3) is 4.45. The van der Waals surface area contributed by atoms with Gasteiger partial charge in [-0.2, -0.15) is 5.26 Å². The highest BCUT2D eigenvalue weighted by Crippen LogP contribution is 2.19. The van der Waals surface area contributed by atoms with Gasteiger partial charge in [0.05, 0.1) is 23.9 Å². The summed E-state index contributed by atoms with van der Waals surface area (Å²) in [4.78, 5) is 4.55. The Morgan fingerprint density at radius 2 is 1.56 bits per heavy atom. The van der Waals surface area contributed by atoms with E-state index in [0.717, 1.165) is 29.8 Å². The van der Waals surface area contributed by atoms with Crippen molar-refractivity contribution in [2.75, 3.05) is 6.61 Å². The molecule has 0 fully saturated rings. The van der Waals surface area contributed by atoms with Gasteiger partial charge in [-0.1, -0.05) is 30.3 Å². The molecule has 0 unspecified atom stereocenters. The maximum Gasteiger partial charge on any atom is 0.119 e. The zero-order valence-corrected chi connectivity index (χ0v) is 14.3. The first kappa shape index (κ1) is 16.7. The summed E-state index contributed by atoms with van der Waals surface area (Å²) in [6, 6.07) is 22.0. The zero-order chi connectivity index (χ0) is 17.5. The van der Waals surface area contributed by atoms with Crippen LogP contribution in [0.5, 0.6) is 5.75 Å². The lowest BCUT2D eigenvalue weighted by Gasteiger charge is -2.06. The number of aromatic nitrogens is 1. The first-order valence-electron chi connectivity index (χ1n) is 8.45. The maximum atomic E-state index is 8.86. The van der Waals surface area contributed by atoms with Gasteiger partial charge in [-0.05, 0) is 61.2 Å². The Hall–Kier alpha value is -3.12. The van der Waals surface area contributed by atoms with Crippen molar-refractivity contribution < 1.29 is 4.74 Å². The van der Waals surface area contributed by atoms with E-state index in [0.29, 0.717) is 12.2 Å². The minimum absolute atomic E-state index is 0.663. The summed E-state index contributed by atoms with van der Waals surface area (Å²) in [6.45, 7) is 2.68. The third-order valence-corrected chi connectivity index (χ3v) is 4.07. The second-order valence-corrected chi connectivity index (χ2v) is 5.82. The molecule has 3 heteroatoms. The molecule has 0 aliphatic carbocycles. The molecule has 0 aliphatic rings. The van der Waals surface area contributed by atoms with Crippen molar-refractivity contribution in [3.8, 4) is 23.1 Å². The third-order valence-electron chi connectivity index (χ3n) is 4.07. The Bertz CT molecular complexity index is 845. The van der Waals surface area contributed by atoms with Crippen molar-refractivity contribution in [2.45, 2.75) is 19.8 Å². The quantitative estimate of drug-likeness (QED) is 0.652. The monoisotopic (exact) mass is 328 g/mol. The van der Waals surface area contributed by atoms with E-state index in [9.17, 15) is 0 Å². The number of hydrogen-bond donors (Lipinski definition) is 0. The number of nitrogens with zero attached hydrogens (tertiary/aromatic N) is 2. The minimum Gasteiger partial charge on any atom is -0.494 e. The average Bonchev–Trinajstić information content (AvgIpc) is 2.68. The van der Waals surface area contributed by atoms with Crippen molar-refractivity contribution >= 4 is 0 Å². The standard InChI is InChI=1S/C22H20N2O/c1-2-25-21-12-7-17(8-13-21)3-4-19-9-14-22(24-16-19)20-10-5-18(15-23)6-11-20/h5-14,16H,2-4H2,1H3. The van der Waals surface area contributed by atoms with Gasteiger partial charge in [-0.25, -0.2) is 0 Å². The van der Waals surface area contributed by atoms with E-state index in [1.54, 1.807) is 0 Å². The summed E-state index contributed by atoms with van der Waals surface area (Å²) in [5.74, 6) is 0.916. The lowest BCUT2D eigenvalue weighted by molar-refractivity contribution is 0.340. The van der Waals surface area contributed by atoms with Crippen LogP contribution in [0, 0.1) is 11.3 Å². The molecule has 0 amide bonds. The summed E-state index contributed by atoms with van der Waals surface area (Å²) in [7, 11) is 0. The van der Waals surface area contributed by atoms with Gasteiger partial charge in [-0.15, -0.1) is 0 Å². The Morgan fingerprint density at radius 3 is 2.16 bits per heavy atom. The average molecular weight is 328 g/mol. The molecule has 0 saturated heterocycles. The van der Waals surface area contributed by atoms with Crippen LogP contribution < -0.4 is 4.74 Å². The van der Waals surface area contributed by atoms with E-state index in [2.05, 4.69) is 29.3 Å². The predicted octanol–water partition coefficient (Wildman–Crippen LogP) is 4.80. The molecule has 124 valence electrons. The number of hydrogen-bond acceptors (Lipinski definition) is 3. The molecular formula is C22H20N2O. The van der Waals surface area contributed by atoms with E-state index in [1.807, 2.05) is 55.6 Å². The normalized spacial score (nSPS) is 10.2. The van der Waals surface area contributed by atoms with E-state index >= 15 is 0 Å². The van der Waals surface area contributed by atoms with E-state index < -0.39 is 0 Å². The fraction of sp³-hybridized carbons (Fsp3) is 0.182. The predicted molar refractivity (Wildman–Crippen MR) is 99.4 cm³/mol. The van der Waals surface area contributed by atoms with E-state index in [1.165, 1.54) is 11.1 Å². The molecule has 3 rings (SSSR count). The zero-order valence-electron chi connectivity index (χ0n) is 14.3. The van der Waals surface area contributed by atoms with Crippen molar-refractivity contribution in [1.82, 2.24) is 4.98 Å². The van der Waals surface area contributed by atoms with Crippen LogP contribution >= 0.6 is 0 Å². The van der Waals surface area contributed by atoms with Gasteiger partial charge >= 0.3 is 0 Å². The van der Waals surface area contributed by atoms with Crippen LogP contribution in [0.15, 0.2) is 66.9 Å². The van der Waals surface area contributed by atoms with Crippen LogP contribution in [0.4, 0.5) is 0 Å². The molecule has 0 radical (unpaired) electrons. The van der Waals surface area contributed by atoms with Crippen LogP contribution in [0.25, 0.3) is 11.3 Å². The first-order valence-corrected chi connectivity index (χ1v) is 8.45. The number of ether oxygens (including phenoxy) is 1. The molecule has 2 aromatic carbocycles. The van der Waals surface area contributed by atoms with Gasteiger partial charge in [0.2, 0.25) is 0 Å². The number of aryl methyl sites for hydroxylation is 2. The second kappa shape index (κ2) is 8.12. The Morgan fingerprint density at radius 1 is 0.880 bits per heavy atom. The van der Waals surface area contributed by atoms with Gasteiger partial charge in [0.1, 0.15) is 5.75 Å². The molecule has 3 aromatic rings. The Kier molecular flexibility index (Phi) is 5.43. The molecule has 25 heavy (non-hydrogen) atoms. The Balaban J connectivity index is 1.61. The molecule has 1 heterocycles. The molecule has 0 saturated carbocycles. The van der Waals surface area contributed by atoms with Gasteiger partial charge in [0, 0.05) is 11.8 Å². The fourth-order valence-corrected chi connectivity index (χ4v) is 2.67. The van der Waals surface area contributed by atoms with E-state index in [4.69, 9.17) is 10.00 Å². The topological polar surface area (TPSA) is 45.9 Å². The van der Waals surface area contributed by atoms with Crippen LogP contribution in [-0.4, -0.2) is 11.6 Å². The van der Waals surface area contributed by atoms with Crippen LogP contribution in [0.1, 0.15) is 23.6 Å². The van der Waals surface area contributed by atoms with Crippen LogP contribution in [-0.2, 0) is 12.8 Å². The van der Waals surface area contributed by atoms with Crippen molar-refractivity contribution in [2.24, 2.45) is 0 Å². The Labute approximate surface area is 148 Å². The van der Waals surface area contributed by atoms with Gasteiger partial charge in [0.15, 0.2) is 0 Å². The van der Waals surface area contributed by atoms with E-state index in [-0.39, 0.29) is 0 Å². The fourth-order valence-electron chi connectivity index (χ4n) is 2.67. The molecule has 0 aliphatic heterocycles.